The van der Waals surface area contributed by atoms with Gasteiger partial charge in [0.05, 0.1) is 11.6 Å². The molecule has 108 valence electrons. The number of hydrogen-bond acceptors (Lipinski definition) is 2. The van der Waals surface area contributed by atoms with Gasteiger partial charge in [0.25, 0.3) is 0 Å². The number of nitrogens with one attached hydrogen (secondary N) is 1. The number of anilines is 1. The van der Waals surface area contributed by atoms with E-state index in [2.05, 4.69) is 37.2 Å². The third-order valence-electron chi connectivity index (χ3n) is 2.70. The molecule has 7 heteroatoms. The fourth-order valence-corrected chi connectivity index (χ4v) is 3.88. The Hall–Kier alpha value is -0.530. The summed E-state index contributed by atoms with van der Waals surface area (Å²) in [6, 6.07) is 5.77. The maximum atomic E-state index is 13.0. The lowest BCUT2D eigenvalue weighted by Crippen LogP contribution is -2.13. The van der Waals surface area contributed by atoms with Crippen molar-refractivity contribution in [2.75, 3.05) is 5.32 Å². The molecule has 1 aromatic carbocycles. The molecule has 0 aliphatic heterocycles. The van der Waals surface area contributed by atoms with Gasteiger partial charge in [-0.25, -0.2) is 0 Å². The van der Waals surface area contributed by atoms with Crippen molar-refractivity contribution in [1.29, 1.82) is 0 Å². The van der Waals surface area contributed by atoms with Gasteiger partial charge in [-0.2, -0.15) is 13.2 Å². The predicted molar refractivity (Wildman–Crippen MR) is 83.2 cm³/mol. The second-order valence-electron chi connectivity index (χ2n) is 4.19. The average molecular weight is 429 g/mol. The second-order valence-corrected chi connectivity index (χ2v) is 6.90. The summed E-state index contributed by atoms with van der Waals surface area (Å²) in [5.74, 6) is 0. The van der Waals surface area contributed by atoms with Crippen LogP contribution in [-0.2, 0) is 6.18 Å². The van der Waals surface area contributed by atoms with Gasteiger partial charge in [-0.3, -0.25) is 0 Å². The lowest BCUT2D eigenvalue weighted by Gasteiger charge is -2.19. The highest BCUT2D eigenvalue weighted by Gasteiger charge is 2.34. The van der Waals surface area contributed by atoms with Crippen molar-refractivity contribution in [3.63, 3.8) is 0 Å². The van der Waals surface area contributed by atoms with Gasteiger partial charge in [-0.1, -0.05) is 15.9 Å². The summed E-state index contributed by atoms with van der Waals surface area (Å²) in [5.41, 5.74) is -0.597. The Morgan fingerprint density at radius 2 is 1.90 bits per heavy atom. The molecule has 20 heavy (non-hydrogen) atoms. The molecule has 1 unspecified atom stereocenters. The van der Waals surface area contributed by atoms with Crippen LogP contribution in [0, 0.1) is 0 Å². The summed E-state index contributed by atoms with van der Waals surface area (Å²) in [7, 11) is 0. The third-order valence-corrected chi connectivity index (χ3v) is 5.24. The molecule has 1 nitrogen and oxygen atoms in total. The van der Waals surface area contributed by atoms with Crippen molar-refractivity contribution >= 4 is 48.9 Å². The molecule has 0 saturated carbocycles. The molecule has 0 saturated heterocycles. The lowest BCUT2D eigenvalue weighted by atomic mass is 10.1. The lowest BCUT2D eigenvalue weighted by molar-refractivity contribution is -0.137. The molecule has 2 aromatic rings. The van der Waals surface area contributed by atoms with Crippen LogP contribution >= 0.6 is 43.2 Å². The Kier molecular flexibility index (Phi) is 4.81. The zero-order valence-electron chi connectivity index (χ0n) is 10.3. The molecule has 0 aliphatic rings. The first-order valence-corrected chi connectivity index (χ1v) is 8.12. The van der Waals surface area contributed by atoms with E-state index in [1.54, 1.807) is 6.07 Å². The van der Waals surface area contributed by atoms with Crippen LogP contribution in [0.3, 0.4) is 0 Å². The molecule has 2 rings (SSSR count). The van der Waals surface area contributed by atoms with E-state index in [9.17, 15) is 13.2 Å². The molecule has 0 spiro atoms. The fourth-order valence-electron chi connectivity index (χ4n) is 1.79. The summed E-state index contributed by atoms with van der Waals surface area (Å²) in [4.78, 5) is 0.959. The van der Waals surface area contributed by atoms with E-state index >= 15 is 0 Å². The van der Waals surface area contributed by atoms with Crippen LogP contribution in [0.15, 0.2) is 38.6 Å². The van der Waals surface area contributed by atoms with E-state index in [0.29, 0.717) is 4.47 Å². The molecule has 0 fully saturated rings. The van der Waals surface area contributed by atoms with Crippen molar-refractivity contribution in [3.8, 4) is 0 Å². The van der Waals surface area contributed by atoms with Crippen molar-refractivity contribution in [1.82, 2.24) is 0 Å². The highest BCUT2D eigenvalue weighted by Crippen LogP contribution is 2.39. The summed E-state index contributed by atoms with van der Waals surface area (Å²) < 4.78 is 40.4. The summed E-state index contributed by atoms with van der Waals surface area (Å²) in [6.45, 7) is 1.83. The van der Waals surface area contributed by atoms with Crippen molar-refractivity contribution in [2.24, 2.45) is 0 Å². The number of benzene rings is 1. The fraction of sp³-hybridized carbons (Fsp3) is 0.231. The van der Waals surface area contributed by atoms with E-state index in [0.717, 1.165) is 15.4 Å². The summed E-state index contributed by atoms with van der Waals surface area (Å²) in [5, 5.41) is 4.82. The van der Waals surface area contributed by atoms with Crippen LogP contribution in [0.5, 0.6) is 0 Å². The summed E-state index contributed by atoms with van der Waals surface area (Å²) in [6.07, 6.45) is -4.39. The van der Waals surface area contributed by atoms with Gasteiger partial charge in [-0.15, -0.1) is 11.3 Å². The zero-order valence-corrected chi connectivity index (χ0v) is 14.3. The molecule has 1 heterocycles. The number of hydrogen-bond donors (Lipinski definition) is 1. The van der Waals surface area contributed by atoms with E-state index in [4.69, 9.17) is 0 Å². The van der Waals surface area contributed by atoms with Crippen LogP contribution in [-0.4, -0.2) is 0 Å². The number of alkyl halides is 3. The Morgan fingerprint density at radius 1 is 1.20 bits per heavy atom. The summed E-state index contributed by atoms with van der Waals surface area (Å²) >= 11 is 7.96. The zero-order chi connectivity index (χ0) is 14.9. The van der Waals surface area contributed by atoms with Crippen molar-refractivity contribution in [2.45, 2.75) is 19.1 Å². The average Bonchev–Trinajstić information content (AvgIpc) is 2.76. The van der Waals surface area contributed by atoms with Gasteiger partial charge in [0.15, 0.2) is 0 Å². The molecule has 0 aliphatic carbocycles. The highest BCUT2D eigenvalue weighted by atomic mass is 79.9. The Balaban J connectivity index is 2.32. The number of halogens is 5. The van der Waals surface area contributed by atoms with Crippen LogP contribution < -0.4 is 5.32 Å². The maximum absolute atomic E-state index is 13.0. The Labute approximate surface area is 135 Å². The van der Waals surface area contributed by atoms with E-state index in [1.807, 2.05) is 18.4 Å². The van der Waals surface area contributed by atoms with Gasteiger partial charge >= 0.3 is 6.18 Å². The topological polar surface area (TPSA) is 12.0 Å². The van der Waals surface area contributed by atoms with Crippen LogP contribution in [0.25, 0.3) is 0 Å². The third kappa shape index (κ3) is 3.56. The van der Waals surface area contributed by atoms with Gasteiger partial charge in [0.1, 0.15) is 0 Å². The largest absolute Gasteiger partial charge is 0.418 e. The van der Waals surface area contributed by atoms with E-state index < -0.39 is 11.7 Å². The first-order valence-electron chi connectivity index (χ1n) is 5.65. The highest BCUT2D eigenvalue weighted by molar-refractivity contribution is 9.10. The number of thiophene rings is 1. The molecule has 0 bridgehead atoms. The molecule has 1 N–H and O–H groups in total. The smallest absolute Gasteiger partial charge is 0.377 e. The minimum atomic E-state index is -4.39. The molecular weight excluding hydrogens is 419 g/mol. The van der Waals surface area contributed by atoms with Crippen LogP contribution in [0.1, 0.15) is 23.4 Å². The molecular formula is C13H10Br2F3NS. The second kappa shape index (κ2) is 6.07. The maximum Gasteiger partial charge on any atom is 0.418 e. The standard InChI is InChI=1S/C13H10Br2F3NS/c1-7(12-10(15)4-5-20-12)19-11-3-2-8(14)6-9(11)13(16,17)18/h2-7,19H,1H3. The molecule has 1 atom stereocenters. The SMILES string of the molecule is CC(Nc1ccc(Br)cc1C(F)(F)F)c1sccc1Br. The van der Waals surface area contributed by atoms with Gasteiger partial charge < -0.3 is 5.32 Å². The quantitative estimate of drug-likeness (QED) is 0.591. The van der Waals surface area contributed by atoms with Crippen LogP contribution in [0.4, 0.5) is 18.9 Å². The first kappa shape index (κ1) is 15.9. The monoisotopic (exact) mass is 427 g/mol. The van der Waals surface area contributed by atoms with Gasteiger partial charge in [0, 0.05) is 19.5 Å². The Bertz CT molecular complexity index is 610. The first-order chi connectivity index (χ1) is 9.29. The predicted octanol–water partition coefficient (Wildman–Crippen LogP) is 6.47. The minimum Gasteiger partial charge on any atom is -0.377 e. The van der Waals surface area contributed by atoms with Gasteiger partial charge in [0.2, 0.25) is 0 Å². The van der Waals surface area contributed by atoms with E-state index in [-0.39, 0.29) is 11.7 Å². The van der Waals surface area contributed by atoms with E-state index in [1.165, 1.54) is 17.4 Å². The van der Waals surface area contributed by atoms with Crippen molar-refractivity contribution < 1.29 is 13.2 Å². The number of rotatable bonds is 3. The Morgan fingerprint density at radius 3 is 2.45 bits per heavy atom. The molecule has 1 aromatic heterocycles. The molecule has 0 radical (unpaired) electrons. The van der Waals surface area contributed by atoms with Crippen LogP contribution in [0.2, 0.25) is 0 Å². The van der Waals surface area contributed by atoms with Crippen molar-refractivity contribution in [3.05, 3.63) is 49.0 Å². The van der Waals surface area contributed by atoms with Gasteiger partial charge in [-0.05, 0) is 52.5 Å². The minimum absolute atomic E-state index is 0.0773. The molecule has 0 amide bonds. The normalized spacial score (nSPS) is 13.3.